The van der Waals surface area contributed by atoms with Gasteiger partial charge >= 0.3 is 0 Å². The topological polar surface area (TPSA) is 46.2 Å². The van der Waals surface area contributed by atoms with E-state index in [0.29, 0.717) is 0 Å². The van der Waals surface area contributed by atoms with Crippen LogP contribution in [-0.2, 0) is 5.75 Å². The van der Waals surface area contributed by atoms with Crippen LogP contribution in [-0.4, -0.2) is 23.0 Å². The zero-order valence-corrected chi connectivity index (χ0v) is 11.0. The second-order valence-electron chi connectivity index (χ2n) is 3.73. The number of aliphatic hydroxyl groups excluding tert-OH is 1. The normalized spacial score (nSPS) is 14.8. The first-order valence-electron chi connectivity index (χ1n) is 5.39. The maximum Gasteiger partial charge on any atom is 0.0565 e. The minimum atomic E-state index is 0.0577. The fourth-order valence-corrected chi connectivity index (χ4v) is 2.63. The molecule has 0 aliphatic carbocycles. The molecule has 0 aliphatic rings. The van der Waals surface area contributed by atoms with Crippen LogP contribution in [0.15, 0.2) is 24.3 Å². The summed E-state index contributed by atoms with van der Waals surface area (Å²) >= 11 is 7.50. The molecule has 0 radical (unpaired) electrons. The van der Waals surface area contributed by atoms with Crippen LogP contribution in [0.5, 0.6) is 0 Å². The van der Waals surface area contributed by atoms with Gasteiger partial charge in [0, 0.05) is 22.1 Å². The Morgan fingerprint density at radius 3 is 2.50 bits per heavy atom. The Morgan fingerprint density at radius 1 is 1.38 bits per heavy atom. The molecular weight excluding hydrogens is 242 g/mol. The van der Waals surface area contributed by atoms with E-state index in [1.54, 1.807) is 11.8 Å². The van der Waals surface area contributed by atoms with Crippen LogP contribution in [0.1, 0.15) is 18.9 Å². The van der Waals surface area contributed by atoms with Gasteiger partial charge in [0.1, 0.15) is 0 Å². The van der Waals surface area contributed by atoms with E-state index in [-0.39, 0.29) is 17.9 Å². The molecular formula is C12H18ClNOS. The maximum absolute atomic E-state index is 9.23. The summed E-state index contributed by atoms with van der Waals surface area (Å²) in [6.07, 6.45) is 0.888. The highest BCUT2D eigenvalue weighted by Gasteiger charge is 2.15. The Balaban J connectivity index is 2.46. The first kappa shape index (κ1) is 13.8. The molecule has 2 atom stereocenters. The van der Waals surface area contributed by atoms with E-state index in [1.165, 1.54) is 5.56 Å². The number of hydrogen-bond donors (Lipinski definition) is 2. The summed E-state index contributed by atoms with van der Waals surface area (Å²) in [5.74, 6) is 0.857. The molecule has 16 heavy (non-hydrogen) atoms. The third-order valence-corrected chi connectivity index (χ3v) is 4.19. The van der Waals surface area contributed by atoms with Gasteiger partial charge in [0.05, 0.1) is 6.61 Å². The third-order valence-electron chi connectivity index (χ3n) is 2.51. The van der Waals surface area contributed by atoms with Gasteiger partial charge in [0.2, 0.25) is 0 Å². The Hall–Kier alpha value is -0.220. The van der Waals surface area contributed by atoms with Crippen LogP contribution < -0.4 is 5.73 Å². The first-order valence-corrected chi connectivity index (χ1v) is 6.82. The maximum atomic E-state index is 9.23. The molecule has 1 aromatic carbocycles. The molecule has 2 unspecified atom stereocenters. The molecule has 0 spiro atoms. The minimum absolute atomic E-state index is 0.0577. The van der Waals surface area contributed by atoms with Gasteiger partial charge in [-0.1, -0.05) is 30.7 Å². The summed E-state index contributed by atoms with van der Waals surface area (Å²) in [5, 5.41) is 10.1. The molecule has 0 heterocycles. The van der Waals surface area contributed by atoms with Gasteiger partial charge in [-0.05, 0) is 24.1 Å². The Kier molecular flexibility index (Phi) is 6.21. The van der Waals surface area contributed by atoms with Crippen LogP contribution in [0.3, 0.4) is 0 Å². The van der Waals surface area contributed by atoms with Crippen LogP contribution in [0, 0.1) is 0 Å². The highest BCUT2D eigenvalue weighted by molar-refractivity contribution is 7.99. The van der Waals surface area contributed by atoms with E-state index >= 15 is 0 Å². The fourth-order valence-electron chi connectivity index (χ4n) is 1.36. The molecule has 90 valence electrons. The Morgan fingerprint density at radius 2 is 2.00 bits per heavy atom. The number of thioether (sulfide) groups is 1. The fraction of sp³-hybridized carbons (Fsp3) is 0.500. The van der Waals surface area contributed by atoms with E-state index in [1.807, 2.05) is 31.2 Å². The third kappa shape index (κ3) is 4.34. The average Bonchev–Trinajstić information content (AvgIpc) is 2.31. The zero-order valence-electron chi connectivity index (χ0n) is 9.40. The number of aliphatic hydroxyl groups is 1. The largest absolute Gasteiger partial charge is 0.395 e. The van der Waals surface area contributed by atoms with Crippen molar-refractivity contribution in [3.05, 3.63) is 34.9 Å². The SMILES string of the molecule is CCC(N)C(CO)SCc1ccc(Cl)cc1. The lowest BCUT2D eigenvalue weighted by Gasteiger charge is -2.20. The lowest BCUT2D eigenvalue weighted by Crippen LogP contribution is -2.34. The van der Waals surface area contributed by atoms with E-state index in [2.05, 4.69) is 0 Å². The van der Waals surface area contributed by atoms with Gasteiger partial charge in [-0.25, -0.2) is 0 Å². The number of hydrogen-bond acceptors (Lipinski definition) is 3. The zero-order chi connectivity index (χ0) is 12.0. The first-order chi connectivity index (χ1) is 7.67. The molecule has 3 N–H and O–H groups in total. The van der Waals surface area contributed by atoms with E-state index in [9.17, 15) is 5.11 Å². The standard InChI is InChI=1S/C12H18ClNOS/c1-2-11(14)12(7-15)16-8-9-3-5-10(13)6-4-9/h3-6,11-12,15H,2,7-8,14H2,1H3. The molecule has 0 saturated carbocycles. The smallest absolute Gasteiger partial charge is 0.0565 e. The summed E-state index contributed by atoms with van der Waals surface area (Å²) in [5.41, 5.74) is 7.12. The lowest BCUT2D eigenvalue weighted by molar-refractivity contribution is 0.281. The molecule has 0 bridgehead atoms. The van der Waals surface area contributed by atoms with E-state index < -0.39 is 0 Å². The van der Waals surface area contributed by atoms with Gasteiger partial charge in [0.15, 0.2) is 0 Å². The van der Waals surface area contributed by atoms with Crippen molar-refractivity contribution in [3.8, 4) is 0 Å². The summed E-state index contributed by atoms with van der Waals surface area (Å²) < 4.78 is 0. The summed E-state index contributed by atoms with van der Waals surface area (Å²) in [4.78, 5) is 0. The van der Waals surface area contributed by atoms with Crippen LogP contribution in [0.4, 0.5) is 0 Å². The van der Waals surface area contributed by atoms with Gasteiger partial charge in [-0.2, -0.15) is 0 Å². The number of benzene rings is 1. The number of rotatable bonds is 6. The van der Waals surface area contributed by atoms with Gasteiger partial charge < -0.3 is 10.8 Å². The van der Waals surface area contributed by atoms with Crippen molar-refractivity contribution >= 4 is 23.4 Å². The van der Waals surface area contributed by atoms with Crippen molar-refractivity contribution in [1.82, 2.24) is 0 Å². The molecule has 0 saturated heterocycles. The summed E-state index contributed by atoms with van der Waals surface area (Å²) in [7, 11) is 0. The molecule has 1 aromatic rings. The second-order valence-corrected chi connectivity index (χ2v) is 5.39. The summed E-state index contributed by atoms with van der Waals surface area (Å²) in [6, 6.07) is 7.82. The van der Waals surface area contributed by atoms with Crippen molar-refractivity contribution in [3.63, 3.8) is 0 Å². The van der Waals surface area contributed by atoms with Crippen LogP contribution in [0.2, 0.25) is 5.02 Å². The van der Waals surface area contributed by atoms with E-state index in [0.717, 1.165) is 17.2 Å². The Labute approximate surface area is 106 Å². The minimum Gasteiger partial charge on any atom is -0.395 e. The molecule has 4 heteroatoms. The van der Waals surface area contributed by atoms with Gasteiger partial charge in [-0.15, -0.1) is 11.8 Å². The van der Waals surface area contributed by atoms with Crippen molar-refractivity contribution in [2.45, 2.75) is 30.4 Å². The number of halogens is 1. The number of nitrogens with two attached hydrogens (primary N) is 1. The van der Waals surface area contributed by atoms with Crippen molar-refractivity contribution in [1.29, 1.82) is 0 Å². The van der Waals surface area contributed by atoms with E-state index in [4.69, 9.17) is 17.3 Å². The molecule has 0 amide bonds. The van der Waals surface area contributed by atoms with Gasteiger partial charge in [0.25, 0.3) is 0 Å². The van der Waals surface area contributed by atoms with Crippen LogP contribution >= 0.6 is 23.4 Å². The molecule has 0 aliphatic heterocycles. The quantitative estimate of drug-likeness (QED) is 0.826. The molecule has 0 fully saturated rings. The molecule has 1 rings (SSSR count). The average molecular weight is 260 g/mol. The monoisotopic (exact) mass is 259 g/mol. The van der Waals surface area contributed by atoms with Crippen molar-refractivity contribution in [2.24, 2.45) is 5.73 Å². The van der Waals surface area contributed by atoms with Crippen LogP contribution in [0.25, 0.3) is 0 Å². The molecule has 0 aromatic heterocycles. The predicted octanol–water partition coefficient (Wildman–Crippen LogP) is 2.67. The Bertz CT molecular complexity index is 304. The van der Waals surface area contributed by atoms with Crippen molar-refractivity contribution in [2.75, 3.05) is 6.61 Å². The molecule has 2 nitrogen and oxygen atoms in total. The highest BCUT2D eigenvalue weighted by Crippen LogP contribution is 2.21. The van der Waals surface area contributed by atoms with Gasteiger partial charge in [-0.3, -0.25) is 0 Å². The highest BCUT2D eigenvalue weighted by atomic mass is 35.5. The second kappa shape index (κ2) is 7.17. The van der Waals surface area contributed by atoms with Crippen molar-refractivity contribution < 1.29 is 5.11 Å². The summed E-state index contributed by atoms with van der Waals surface area (Å²) in [6.45, 7) is 2.17. The predicted molar refractivity (Wildman–Crippen MR) is 71.9 cm³/mol. The lowest BCUT2D eigenvalue weighted by atomic mass is 10.2.